The van der Waals surface area contributed by atoms with Crippen LogP contribution in [0.2, 0.25) is 0 Å². The molecule has 0 heterocycles. The number of nitro benzene ring substituents is 1. The van der Waals surface area contributed by atoms with Crippen molar-refractivity contribution in [2.24, 2.45) is 0 Å². The highest BCUT2D eigenvalue weighted by atomic mass is 79.9. The van der Waals surface area contributed by atoms with Crippen LogP contribution in [0, 0.1) is 24.0 Å². The molecule has 1 amide bonds. The lowest BCUT2D eigenvalue weighted by atomic mass is 10.1. The van der Waals surface area contributed by atoms with Gasteiger partial charge in [0.2, 0.25) is 0 Å². The summed E-state index contributed by atoms with van der Waals surface area (Å²) in [5.74, 6) is -0.300. The molecule has 2 aromatic rings. The molecule has 1 N–H and O–H groups in total. The Morgan fingerprint density at radius 2 is 1.90 bits per heavy atom. The fourth-order valence-corrected chi connectivity index (χ4v) is 2.62. The third kappa shape index (κ3) is 3.66. The molecule has 0 saturated carbocycles. The number of amides is 1. The first-order valence-corrected chi connectivity index (χ1v) is 6.99. The molecule has 5 nitrogen and oxygen atoms in total. The molecule has 6 heteroatoms. The van der Waals surface area contributed by atoms with Gasteiger partial charge in [-0.1, -0.05) is 15.9 Å². The van der Waals surface area contributed by atoms with Gasteiger partial charge >= 0.3 is 0 Å². The minimum Gasteiger partial charge on any atom is -0.322 e. The molecule has 0 atom stereocenters. The van der Waals surface area contributed by atoms with E-state index >= 15 is 0 Å². The first kappa shape index (κ1) is 15.2. The van der Waals surface area contributed by atoms with E-state index in [1.165, 1.54) is 18.2 Å². The zero-order chi connectivity index (χ0) is 15.6. The summed E-state index contributed by atoms with van der Waals surface area (Å²) in [5.41, 5.74) is 2.53. The summed E-state index contributed by atoms with van der Waals surface area (Å²) in [5, 5.41) is 13.5. The summed E-state index contributed by atoms with van der Waals surface area (Å²) in [7, 11) is 0. The van der Waals surface area contributed by atoms with Crippen LogP contribution in [0.5, 0.6) is 0 Å². The second-order valence-corrected chi connectivity index (χ2v) is 5.65. The molecule has 0 aliphatic carbocycles. The van der Waals surface area contributed by atoms with Crippen LogP contribution in [0.1, 0.15) is 21.5 Å². The van der Waals surface area contributed by atoms with E-state index in [1.807, 2.05) is 19.1 Å². The summed E-state index contributed by atoms with van der Waals surface area (Å²) in [6.07, 6.45) is 0. The number of carbonyl (C=O) groups excluding carboxylic acids is 1. The van der Waals surface area contributed by atoms with Crippen molar-refractivity contribution in [3.63, 3.8) is 0 Å². The van der Waals surface area contributed by atoms with Crippen molar-refractivity contribution in [1.82, 2.24) is 0 Å². The average molecular weight is 349 g/mol. The van der Waals surface area contributed by atoms with E-state index in [9.17, 15) is 14.9 Å². The fraction of sp³-hybridized carbons (Fsp3) is 0.133. The van der Waals surface area contributed by atoms with Crippen molar-refractivity contribution >= 4 is 33.2 Å². The van der Waals surface area contributed by atoms with Gasteiger partial charge in [-0.3, -0.25) is 14.9 Å². The van der Waals surface area contributed by atoms with Crippen molar-refractivity contribution in [2.75, 3.05) is 5.32 Å². The van der Waals surface area contributed by atoms with E-state index in [-0.39, 0.29) is 11.6 Å². The Morgan fingerprint density at radius 3 is 2.48 bits per heavy atom. The molecule has 0 aromatic heterocycles. The number of hydrogen-bond donors (Lipinski definition) is 1. The number of nitro groups is 1. The number of halogens is 1. The molecule has 0 aliphatic heterocycles. The Hall–Kier alpha value is -2.21. The monoisotopic (exact) mass is 348 g/mol. The van der Waals surface area contributed by atoms with Gasteiger partial charge in [0.25, 0.3) is 11.6 Å². The highest BCUT2D eigenvalue weighted by Gasteiger charge is 2.14. The predicted octanol–water partition coefficient (Wildman–Crippen LogP) is 4.23. The highest BCUT2D eigenvalue weighted by molar-refractivity contribution is 9.10. The van der Waals surface area contributed by atoms with Crippen LogP contribution in [-0.4, -0.2) is 10.8 Å². The van der Waals surface area contributed by atoms with Crippen molar-refractivity contribution in [1.29, 1.82) is 0 Å². The number of rotatable bonds is 3. The quantitative estimate of drug-likeness (QED) is 0.666. The number of benzene rings is 2. The Bertz CT molecular complexity index is 709. The van der Waals surface area contributed by atoms with Crippen LogP contribution < -0.4 is 5.32 Å². The number of anilines is 1. The van der Waals surface area contributed by atoms with Gasteiger partial charge in [0, 0.05) is 27.4 Å². The van der Waals surface area contributed by atoms with Crippen LogP contribution in [-0.2, 0) is 0 Å². The normalized spacial score (nSPS) is 10.2. The van der Waals surface area contributed by atoms with Gasteiger partial charge in [-0.25, -0.2) is 0 Å². The molecule has 2 rings (SSSR count). The summed E-state index contributed by atoms with van der Waals surface area (Å²) in [6, 6.07) is 9.88. The summed E-state index contributed by atoms with van der Waals surface area (Å²) < 4.78 is 0.873. The number of carbonyl (C=O) groups is 1. The first-order chi connectivity index (χ1) is 9.86. The molecule has 21 heavy (non-hydrogen) atoms. The van der Waals surface area contributed by atoms with Crippen molar-refractivity contribution in [2.45, 2.75) is 13.8 Å². The molecule has 0 saturated heterocycles. The standard InChI is InChI=1S/C15H13BrN2O3/c1-9-5-12(16)8-13(6-9)17-15(19)11-3-4-14(18(20)21)10(2)7-11/h3-8H,1-2H3,(H,17,19). The summed E-state index contributed by atoms with van der Waals surface area (Å²) in [4.78, 5) is 22.5. The van der Waals surface area contributed by atoms with Crippen LogP contribution in [0.3, 0.4) is 0 Å². The predicted molar refractivity (Wildman–Crippen MR) is 84.7 cm³/mol. The topological polar surface area (TPSA) is 72.2 Å². The van der Waals surface area contributed by atoms with Crippen LogP contribution in [0.25, 0.3) is 0 Å². The van der Waals surface area contributed by atoms with Gasteiger partial charge in [-0.2, -0.15) is 0 Å². The number of aryl methyl sites for hydroxylation is 2. The van der Waals surface area contributed by atoms with E-state index in [2.05, 4.69) is 21.2 Å². The zero-order valence-corrected chi connectivity index (χ0v) is 13.1. The third-order valence-electron chi connectivity index (χ3n) is 2.96. The maximum atomic E-state index is 12.2. The van der Waals surface area contributed by atoms with Gasteiger partial charge in [-0.15, -0.1) is 0 Å². The van der Waals surface area contributed by atoms with Crippen molar-refractivity contribution in [3.05, 3.63) is 67.7 Å². The second kappa shape index (κ2) is 6.05. The lowest BCUT2D eigenvalue weighted by Gasteiger charge is -2.08. The molecule has 2 aromatic carbocycles. The molecule has 0 bridgehead atoms. The Labute approximate surface area is 130 Å². The van der Waals surface area contributed by atoms with Crippen molar-refractivity contribution < 1.29 is 9.72 Å². The van der Waals surface area contributed by atoms with Gasteiger partial charge in [0.15, 0.2) is 0 Å². The number of nitrogens with one attached hydrogen (secondary N) is 1. The minimum atomic E-state index is -0.464. The second-order valence-electron chi connectivity index (χ2n) is 4.73. The maximum absolute atomic E-state index is 12.2. The lowest BCUT2D eigenvalue weighted by molar-refractivity contribution is -0.385. The molecule has 108 valence electrons. The Balaban J connectivity index is 2.24. The van der Waals surface area contributed by atoms with E-state index in [0.29, 0.717) is 16.8 Å². The van der Waals surface area contributed by atoms with Crippen LogP contribution >= 0.6 is 15.9 Å². The summed E-state index contributed by atoms with van der Waals surface area (Å²) in [6.45, 7) is 3.54. The molecular weight excluding hydrogens is 336 g/mol. The fourth-order valence-electron chi connectivity index (χ4n) is 2.01. The van der Waals surface area contributed by atoms with E-state index in [0.717, 1.165) is 10.0 Å². The molecular formula is C15H13BrN2O3. The van der Waals surface area contributed by atoms with Crippen LogP contribution in [0.15, 0.2) is 40.9 Å². The smallest absolute Gasteiger partial charge is 0.272 e. The van der Waals surface area contributed by atoms with Gasteiger partial charge in [-0.05, 0) is 49.7 Å². The lowest BCUT2D eigenvalue weighted by Crippen LogP contribution is -2.12. The number of hydrogen-bond acceptors (Lipinski definition) is 3. The first-order valence-electron chi connectivity index (χ1n) is 6.20. The average Bonchev–Trinajstić information content (AvgIpc) is 2.36. The molecule has 0 unspecified atom stereocenters. The molecule has 0 radical (unpaired) electrons. The highest BCUT2D eigenvalue weighted by Crippen LogP contribution is 2.22. The van der Waals surface area contributed by atoms with E-state index < -0.39 is 4.92 Å². The minimum absolute atomic E-state index is 0.00449. The largest absolute Gasteiger partial charge is 0.322 e. The van der Waals surface area contributed by atoms with Gasteiger partial charge in [0.1, 0.15) is 0 Å². The van der Waals surface area contributed by atoms with Gasteiger partial charge in [0.05, 0.1) is 4.92 Å². The van der Waals surface area contributed by atoms with Gasteiger partial charge < -0.3 is 5.32 Å². The van der Waals surface area contributed by atoms with E-state index in [1.54, 1.807) is 13.0 Å². The molecule has 0 spiro atoms. The zero-order valence-electron chi connectivity index (χ0n) is 11.5. The molecule has 0 aliphatic rings. The maximum Gasteiger partial charge on any atom is 0.272 e. The SMILES string of the molecule is Cc1cc(Br)cc(NC(=O)c2ccc([N+](=O)[O-])c(C)c2)c1. The Kier molecular flexibility index (Phi) is 4.37. The number of nitrogens with zero attached hydrogens (tertiary/aromatic N) is 1. The Morgan fingerprint density at radius 1 is 1.19 bits per heavy atom. The van der Waals surface area contributed by atoms with Crippen molar-refractivity contribution in [3.8, 4) is 0 Å². The van der Waals surface area contributed by atoms with E-state index in [4.69, 9.17) is 0 Å². The summed E-state index contributed by atoms with van der Waals surface area (Å²) >= 11 is 3.37. The molecule has 0 fully saturated rings. The third-order valence-corrected chi connectivity index (χ3v) is 3.41. The van der Waals surface area contributed by atoms with Crippen LogP contribution in [0.4, 0.5) is 11.4 Å².